The smallest absolute Gasteiger partial charge is 0.307 e. The summed E-state index contributed by atoms with van der Waals surface area (Å²) in [5, 5.41) is 0. The second kappa shape index (κ2) is 13.8. The van der Waals surface area contributed by atoms with Gasteiger partial charge in [-0.3, -0.25) is 4.98 Å². The molecule has 47 heavy (non-hydrogen) atoms. The number of nitrogens with zero attached hydrogens (tertiary/aromatic N) is 1. The first-order chi connectivity index (χ1) is 22.2. The van der Waals surface area contributed by atoms with Crippen LogP contribution in [-0.2, 0) is 20.4 Å². The van der Waals surface area contributed by atoms with Crippen LogP contribution in [0.3, 0.4) is 0 Å². The second-order valence-electron chi connectivity index (χ2n) is 12.9. The fourth-order valence-electron chi connectivity index (χ4n) is 4.77. The highest BCUT2D eigenvalue weighted by atomic mass is 32.3. The van der Waals surface area contributed by atoms with Crippen molar-refractivity contribution in [2.24, 2.45) is 0 Å². The van der Waals surface area contributed by atoms with E-state index >= 15 is 0 Å². The van der Waals surface area contributed by atoms with Crippen LogP contribution in [0.25, 0.3) is 0 Å². The van der Waals surface area contributed by atoms with Crippen molar-refractivity contribution in [3.8, 4) is 17.2 Å². The molecule has 0 saturated carbocycles. The highest BCUT2D eigenvalue weighted by Gasteiger charge is 2.38. The molecule has 0 aliphatic heterocycles. The van der Waals surface area contributed by atoms with Gasteiger partial charge in [-0.05, 0) is 154 Å². The maximum atomic E-state index is 14.1. The molecule has 9 heteroatoms. The molecule has 0 saturated heterocycles. The molecule has 4 aromatic carbocycles. The molecule has 0 atom stereocenters. The first kappa shape index (κ1) is 34.0. The minimum atomic E-state index is -4.26. The topological polar surface area (TPSA) is 84.0 Å². The summed E-state index contributed by atoms with van der Waals surface area (Å²) in [7, 11) is -7.17. The summed E-state index contributed by atoms with van der Waals surface area (Å²) in [6.45, 7) is 12.2. The summed E-state index contributed by atoms with van der Waals surface area (Å²) in [5.41, 5.74) is 0.165. The zero-order chi connectivity index (χ0) is 33.7. The molecule has 1 heterocycles. The molecule has 0 amide bonds. The molecule has 7 nitrogen and oxygen atoms in total. The number of rotatable bonds is 11. The Kier molecular flexibility index (Phi) is 10.0. The lowest BCUT2D eigenvalue weighted by Gasteiger charge is -2.39. The van der Waals surface area contributed by atoms with Crippen molar-refractivity contribution in [3.63, 3.8) is 0 Å². The van der Waals surface area contributed by atoms with Crippen LogP contribution in [0.1, 0.15) is 47.1 Å². The van der Waals surface area contributed by atoms with Crippen LogP contribution in [0.5, 0.6) is 17.2 Å². The van der Waals surface area contributed by atoms with Crippen molar-refractivity contribution in [2.75, 3.05) is 0 Å². The van der Waals surface area contributed by atoms with Gasteiger partial charge in [-0.15, -0.1) is 0 Å². The Morgan fingerprint density at radius 1 is 0.532 bits per heavy atom. The van der Waals surface area contributed by atoms with E-state index in [0.29, 0.717) is 38.5 Å². The van der Waals surface area contributed by atoms with E-state index in [0.717, 1.165) is 5.56 Å². The molecule has 0 unspecified atom stereocenters. The second-order valence-corrected chi connectivity index (χ2v) is 17.3. The summed E-state index contributed by atoms with van der Waals surface area (Å²) in [6.07, 6.45) is 3.44. The highest BCUT2D eigenvalue weighted by molar-refractivity contribution is 8.33. The third kappa shape index (κ3) is 8.74. The average Bonchev–Trinajstić information content (AvgIpc) is 3.03. The van der Waals surface area contributed by atoms with Crippen LogP contribution in [-0.4, -0.2) is 24.6 Å². The van der Waals surface area contributed by atoms with Gasteiger partial charge in [0, 0.05) is 27.1 Å². The molecule has 0 aliphatic rings. The molecule has 0 fully saturated rings. The molecular weight excluding hydrogens is 631 g/mol. The average molecular weight is 672 g/mol. The fourth-order valence-corrected chi connectivity index (χ4v) is 9.96. The van der Waals surface area contributed by atoms with Gasteiger partial charge in [0.25, 0.3) is 0 Å². The molecule has 1 aromatic heterocycles. The van der Waals surface area contributed by atoms with Crippen molar-refractivity contribution in [1.29, 1.82) is 0 Å². The van der Waals surface area contributed by atoms with Gasteiger partial charge in [-0.25, -0.2) is 3.63 Å². The van der Waals surface area contributed by atoms with Gasteiger partial charge >= 0.3 is 10.1 Å². The Bertz CT molecular complexity index is 1790. The lowest BCUT2D eigenvalue weighted by Crippen LogP contribution is -2.23. The van der Waals surface area contributed by atoms with Crippen molar-refractivity contribution in [3.05, 3.63) is 133 Å². The normalized spacial score (nSPS) is 12.7. The van der Waals surface area contributed by atoms with Gasteiger partial charge in [0.2, 0.25) is 0 Å². The van der Waals surface area contributed by atoms with Crippen LogP contribution in [0.2, 0.25) is 0 Å². The van der Waals surface area contributed by atoms with Gasteiger partial charge < -0.3 is 14.2 Å². The predicted octanol–water partition coefficient (Wildman–Crippen LogP) is 9.62. The first-order valence-electron chi connectivity index (χ1n) is 15.3. The van der Waals surface area contributed by atoms with E-state index in [1.165, 1.54) is 12.1 Å². The minimum Gasteiger partial charge on any atom is -0.489 e. The molecule has 0 bridgehead atoms. The largest absolute Gasteiger partial charge is 0.489 e. The minimum absolute atomic E-state index is 0.0644. The Balaban J connectivity index is 1.66. The third-order valence-corrected chi connectivity index (χ3v) is 11.9. The first-order valence-corrected chi connectivity index (χ1v) is 18.2. The van der Waals surface area contributed by atoms with E-state index in [1.807, 2.05) is 126 Å². The molecule has 0 N–H and O–H groups in total. The predicted molar refractivity (Wildman–Crippen MR) is 186 cm³/mol. The van der Waals surface area contributed by atoms with E-state index in [-0.39, 0.29) is 4.90 Å². The summed E-state index contributed by atoms with van der Waals surface area (Å²) in [4.78, 5) is 6.14. The fraction of sp³-hybridized carbons (Fsp3) is 0.237. The van der Waals surface area contributed by atoms with Crippen molar-refractivity contribution < 1.29 is 26.3 Å². The number of hydrogen-bond donors (Lipinski definition) is 0. The van der Waals surface area contributed by atoms with E-state index in [1.54, 1.807) is 30.6 Å². The summed E-state index contributed by atoms with van der Waals surface area (Å²) >= 11 is 0. The molecule has 0 aliphatic carbocycles. The zero-order valence-corrected chi connectivity index (χ0v) is 29.2. The van der Waals surface area contributed by atoms with Gasteiger partial charge in [-0.1, -0.05) is 18.2 Å². The SMILES string of the molecule is CC(C)(C)Oc1ccc(S(OS(=O)(=O)c2ccccc2)(c2ccc(OCc3ccncc3)cc2)c2ccc(OC(C)(C)C)cc2)cc1. The van der Waals surface area contributed by atoms with Gasteiger partial charge in [0.05, 0.1) is 4.90 Å². The number of ether oxygens (including phenoxy) is 3. The van der Waals surface area contributed by atoms with Gasteiger partial charge in [0.15, 0.2) is 0 Å². The van der Waals surface area contributed by atoms with E-state index in [2.05, 4.69) is 4.98 Å². The zero-order valence-electron chi connectivity index (χ0n) is 27.5. The third-order valence-electron chi connectivity index (χ3n) is 6.69. The monoisotopic (exact) mass is 671 g/mol. The quantitative estimate of drug-likeness (QED) is 0.138. The standard InChI is InChI=1S/C38H41NO6S2/c1-37(2,3)43-31-14-20-34(21-15-31)46(45-47(40,41)36-10-8-7-9-11-36,35-22-16-32(17-23-35)44-38(4,5)6)33-18-12-30(13-19-33)42-28-29-24-26-39-27-25-29/h7-27H,28H2,1-6H3. The molecule has 0 spiro atoms. The number of benzene rings is 4. The lowest BCUT2D eigenvalue weighted by molar-refractivity contribution is 0.130. The Hall–Kier alpha value is -4.31. The number of hydrogen-bond acceptors (Lipinski definition) is 7. The van der Waals surface area contributed by atoms with E-state index < -0.39 is 31.6 Å². The van der Waals surface area contributed by atoms with Gasteiger partial charge in [0.1, 0.15) is 35.1 Å². The van der Waals surface area contributed by atoms with Crippen molar-refractivity contribution >= 4 is 20.4 Å². The number of aromatic nitrogens is 1. The molecule has 5 rings (SSSR count). The van der Waals surface area contributed by atoms with E-state index in [9.17, 15) is 8.42 Å². The Morgan fingerprint density at radius 2 is 0.957 bits per heavy atom. The highest BCUT2D eigenvalue weighted by Crippen LogP contribution is 2.70. The molecule has 5 aromatic rings. The molecular formula is C38H41NO6S2. The van der Waals surface area contributed by atoms with Crippen LogP contribution in [0.15, 0.2) is 147 Å². The number of pyridine rings is 1. The van der Waals surface area contributed by atoms with Crippen LogP contribution < -0.4 is 14.2 Å². The van der Waals surface area contributed by atoms with Gasteiger partial charge in [-0.2, -0.15) is 8.42 Å². The van der Waals surface area contributed by atoms with Crippen molar-refractivity contribution in [2.45, 2.75) is 78.9 Å². The van der Waals surface area contributed by atoms with Crippen LogP contribution in [0, 0.1) is 0 Å². The van der Waals surface area contributed by atoms with Crippen molar-refractivity contribution in [1.82, 2.24) is 4.98 Å². The Labute approximate surface area is 280 Å². The summed E-state index contributed by atoms with van der Waals surface area (Å²) < 4.78 is 53.1. The maximum Gasteiger partial charge on any atom is 0.307 e. The summed E-state index contributed by atoms with van der Waals surface area (Å²) in [6, 6.07) is 34.3. The van der Waals surface area contributed by atoms with Crippen LogP contribution >= 0.6 is 10.3 Å². The molecule has 0 radical (unpaired) electrons. The van der Waals surface area contributed by atoms with Crippen LogP contribution in [0.4, 0.5) is 0 Å². The molecule has 246 valence electrons. The van der Waals surface area contributed by atoms with E-state index in [4.69, 9.17) is 17.8 Å². The Morgan fingerprint density at radius 3 is 1.38 bits per heavy atom. The summed E-state index contributed by atoms with van der Waals surface area (Å²) in [5.74, 6) is 1.95. The lowest BCUT2D eigenvalue weighted by atomic mass is 10.2. The maximum absolute atomic E-state index is 14.1.